The molecule has 10 heteroatoms. The molecule has 8 nitrogen and oxygen atoms in total. The number of benzene rings is 2. The Morgan fingerprint density at radius 1 is 1.16 bits per heavy atom. The van der Waals surface area contributed by atoms with Crippen LogP contribution >= 0.6 is 23.4 Å². The van der Waals surface area contributed by atoms with E-state index in [-0.39, 0.29) is 4.91 Å². The van der Waals surface area contributed by atoms with Crippen molar-refractivity contribution in [3.63, 3.8) is 0 Å². The van der Waals surface area contributed by atoms with Crippen LogP contribution in [0.25, 0.3) is 6.08 Å². The summed E-state index contributed by atoms with van der Waals surface area (Å²) in [4.78, 5) is 38.5. The molecule has 1 aliphatic heterocycles. The van der Waals surface area contributed by atoms with Crippen LogP contribution in [0.4, 0.5) is 10.5 Å². The number of thioether (sulfide) groups is 1. The lowest BCUT2D eigenvalue weighted by atomic mass is 10.2. The third-order valence-electron chi connectivity index (χ3n) is 4.38. The van der Waals surface area contributed by atoms with Crippen LogP contribution in [0.15, 0.2) is 41.3 Å². The van der Waals surface area contributed by atoms with E-state index in [1.807, 2.05) is 6.92 Å². The maximum Gasteiger partial charge on any atom is 0.294 e. The van der Waals surface area contributed by atoms with E-state index in [2.05, 4.69) is 5.32 Å². The Morgan fingerprint density at radius 2 is 1.88 bits per heavy atom. The molecule has 1 N–H and O–H groups in total. The van der Waals surface area contributed by atoms with E-state index < -0.39 is 23.6 Å². The molecule has 0 aliphatic carbocycles. The van der Waals surface area contributed by atoms with E-state index in [1.165, 1.54) is 20.3 Å². The molecule has 0 spiro atoms. The fourth-order valence-electron chi connectivity index (χ4n) is 2.95. The van der Waals surface area contributed by atoms with Crippen molar-refractivity contribution >= 4 is 52.2 Å². The van der Waals surface area contributed by atoms with Crippen LogP contribution in [0.5, 0.6) is 17.2 Å². The van der Waals surface area contributed by atoms with Crippen LogP contribution in [0, 0.1) is 0 Å². The number of hydrogen-bond donors (Lipinski definition) is 1. The minimum absolute atomic E-state index is 0.173. The molecule has 2 aromatic carbocycles. The van der Waals surface area contributed by atoms with Crippen molar-refractivity contribution < 1.29 is 28.6 Å². The standard InChI is InChI=1S/C22H21ClN2O6S/c1-4-31-15-7-5-14(6-8-15)24-19(26)12-25-21(27)18(32-22(25)28)11-13-9-16(23)20(30-3)17(10-13)29-2/h5-11H,4,12H2,1-3H3,(H,24,26)/b18-11+. The van der Waals surface area contributed by atoms with E-state index in [0.29, 0.717) is 40.1 Å². The van der Waals surface area contributed by atoms with Crippen molar-refractivity contribution in [3.05, 3.63) is 51.9 Å². The average Bonchev–Trinajstić information content (AvgIpc) is 3.02. The molecule has 1 heterocycles. The summed E-state index contributed by atoms with van der Waals surface area (Å²) in [5, 5.41) is 2.43. The second-order valence-corrected chi connectivity index (χ2v) is 7.91. The van der Waals surface area contributed by atoms with Gasteiger partial charge in [-0.25, -0.2) is 0 Å². The first kappa shape index (κ1) is 23.5. The minimum Gasteiger partial charge on any atom is -0.494 e. The van der Waals surface area contributed by atoms with Gasteiger partial charge in [-0.3, -0.25) is 19.3 Å². The summed E-state index contributed by atoms with van der Waals surface area (Å²) >= 11 is 6.95. The van der Waals surface area contributed by atoms with Crippen LogP contribution < -0.4 is 19.5 Å². The molecule has 0 aromatic heterocycles. The fraction of sp³-hybridized carbons (Fsp3) is 0.227. The first-order chi connectivity index (χ1) is 15.4. The number of methoxy groups -OCH3 is 2. The second-order valence-electron chi connectivity index (χ2n) is 6.51. The SMILES string of the molecule is CCOc1ccc(NC(=O)CN2C(=O)S/C(=C/c3cc(Cl)c(OC)c(OC)c3)C2=O)cc1. The van der Waals surface area contributed by atoms with Crippen molar-refractivity contribution in [3.8, 4) is 17.2 Å². The van der Waals surface area contributed by atoms with Gasteiger partial charge in [0.2, 0.25) is 5.91 Å². The Balaban J connectivity index is 1.70. The van der Waals surface area contributed by atoms with E-state index in [0.717, 1.165) is 16.7 Å². The average molecular weight is 477 g/mol. The highest BCUT2D eigenvalue weighted by Crippen LogP contribution is 2.38. The summed E-state index contributed by atoms with van der Waals surface area (Å²) in [5.41, 5.74) is 1.08. The number of ether oxygens (including phenoxy) is 3. The lowest BCUT2D eigenvalue weighted by Gasteiger charge is -2.13. The Morgan fingerprint density at radius 3 is 2.50 bits per heavy atom. The Hall–Kier alpha value is -3.17. The number of carbonyl (C=O) groups is 3. The number of carbonyl (C=O) groups excluding carboxylic acids is 3. The van der Waals surface area contributed by atoms with Gasteiger partial charge in [0.05, 0.1) is 30.8 Å². The Kier molecular flexibility index (Phi) is 7.66. The molecule has 0 atom stereocenters. The number of anilines is 1. The summed E-state index contributed by atoms with van der Waals surface area (Å²) < 4.78 is 15.8. The highest BCUT2D eigenvalue weighted by atomic mass is 35.5. The van der Waals surface area contributed by atoms with Gasteiger partial charge in [-0.1, -0.05) is 11.6 Å². The lowest BCUT2D eigenvalue weighted by Crippen LogP contribution is -2.36. The number of halogens is 1. The number of hydrogen-bond acceptors (Lipinski definition) is 7. The van der Waals surface area contributed by atoms with Crippen LogP contribution in [-0.2, 0) is 9.59 Å². The number of rotatable bonds is 8. The van der Waals surface area contributed by atoms with Gasteiger partial charge >= 0.3 is 0 Å². The summed E-state index contributed by atoms with van der Waals surface area (Å²) in [6.45, 7) is 2.01. The number of nitrogens with one attached hydrogen (secondary N) is 1. The van der Waals surface area contributed by atoms with Gasteiger partial charge < -0.3 is 19.5 Å². The summed E-state index contributed by atoms with van der Waals surface area (Å²) in [6.07, 6.45) is 1.52. The van der Waals surface area contributed by atoms with Gasteiger partial charge in [0.15, 0.2) is 11.5 Å². The zero-order chi connectivity index (χ0) is 23.3. The molecule has 32 heavy (non-hydrogen) atoms. The van der Waals surface area contributed by atoms with Crippen molar-refractivity contribution in [2.24, 2.45) is 0 Å². The molecular weight excluding hydrogens is 456 g/mol. The highest BCUT2D eigenvalue weighted by molar-refractivity contribution is 8.18. The van der Waals surface area contributed by atoms with Gasteiger partial charge in [0, 0.05) is 5.69 Å². The maximum absolute atomic E-state index is 12.7. The molecule has 0 bridgehead atoms. The molecule has 0 saturated carbocycles. The molecule has 0 radical (unpaired) electrons. The van der Waals surface area contributed by atoms with E-state index in [9.17, 15) is 14.4 Å². The molecule has 1 saturated heterocycles. The third-order valence-corrected chi connectivity index (χ3v) is 5.57. The number of amides is 3. The van der Waals surface area contributed by atoms with Gasteiger partial charge in [-0.15, -0.1) is 0 Å². The highest BCUT2D eigenvalue weighted by Gasteiger charge is 2.36. The molecule has 2 aromatic rings. The van der Waals surface area contributed by atoms with Crippen molar-refractivity contribution in [1.82, 2.24) is 4.90 Å². The van der Waals surface area contributed by atoms with Gasteiger partial charge in [-0.2, -0.15) is 0 Å². The third kappa shape index (κ3) is 5.35. The molecule has 1 aliphatic rings. The Bertz CT molecular complexity index is 1070. The van der Waals surface area contributed by atoms with Gasteiger partial charge in [-0.05, 0) is 66.7 Å². The lowest BCUT2D eigenvalue weighted by molar-refractivity contribution is -0.127. The van der Waals surface area contributed by atoms with Crippen molar-refractivity contribution in [2.45, 2.75) is 6.92 Å². The van der Waals surface area contributed by atoms with Crippen LogP contribution in [0.2, 0.25) is 5.02 Å². The predicted molar refractivity (Wildman–Crippen MR) is 123 cm³/mol. The Labute approximate surface area is 194 Å². The monoisotopic (exact) mass is 476 g/mol. The molecule has 3 rings (SSSR count). The zero-order valence-corrected chi connectivity index (χ0v) is 19.2. The molecule has 3 amide bonds. The first-order valence-electron chi connectivity index (χ1n) is 9.55. The van der Waals surface area contributed by atoms with Crippen molar-refractivity contribution in [1.29, 1.82) is 0 Å². The first-order valence-corrected chi connectivity index (χ1v) is 10.7. The number of nitrogens with zero attached hydrogens (tertiary/aromatic N) is 1. The quantitative estimate of drug-likeness (QED) is 0.563. The molecule has 168 valence electrons. The second kappa shape index (κ2) is 10.4. The normalized spacial score (nSPS) is 14.6. The van der Waals surface area contributed by atoms with Crippen LogP contribution in [-0.4, -0.2) is 49.3 Å². The van der Waals surface area contributed by atoms with Crippen LogP contribution in [0.3, 0.4) is 0 Å². The largest absolute Gasteiger partial charge is 0.494 e. The number of imide groups is 1. The fourth-order valence-corrected chi connectivity index (χ4v) is 4.09. The van der Waals surface area contributed by atoms with E-state index >= 15 is 0 Å². The summed E-state index contributed by atoms with van der Waals surface area (Å²) in [6, 6.07) is 10.0. The molecular formula is C22H21ClN2O6S. The maximum atomic E-state index is 12.7. The van der Waals surface area contributed by atoms with Crippen LogP contribution in [0.1, 0.15) is 12.5 Å². The zero-order valence-electron chi connectivity index (χ0n) is 17.6. The van der Waals surface area contributed by atoms with Gasteiger partial charge in [0.1, 0.15) is 12.3 Å². The molecule has 0 unspecified atom stereocenters. The van der Waals surface area contributed by atoms with Crippen molar-refractivity contribution in [2.75, 3.05) is 32.7 Å². The smallest absolute Gasteiger partial charge is 0.294 e. The molecule has 1 fully saturated rings. The minimum atomic E-state index is -0.562. The predicted octanol–water partition coefficient (Wildman–Crippen LogP) is 4.43. The summed E-state index contributed by atoms with van der Waals surface area (Å²) in [5.74, 6) is 0.377. The van der Waals surface area contributed by atoms with Gasteiger partial charge in [0.25, 0.3) is 11.1 Å². The topological polar surface area (TPSA) is 94.2 Å². The van der Waals surface area contributed by atoms with E-state index in [1.54, 1.807) is 36.4 Å². The summed E-state index contributed by atoms with van der Waals surface area (Å²) in [7, 11) is 2.93. The van der Waals surface area contributed by atoms with E-state index in [4.69, 9.17) is 25.8 Å².